The Morgan fingerprint density at radius 1 is 1.11 bits per heavy atom. The van der Waals surface area contributed by atoms with E-state index in [9.17, 15) is 13.2 Å². The minimum Gasteiger partial charge on any atom is -0.291 e. The zero-order chi connectivity index (χ0) is 13.2. The molecule has 1 nitrogen and oxygen atoms in total. The van der Waals surface area contributed by atoms with Gasteiger partial charge in [-0.25, -0.2) is 0 Å². The normalized spacial score (nSPS) is 24.5. The van der Waals surface area contributed by atoms with Crippen molar-refractivity contribution < 1.29 is 13.2 Å². The van der Waals surface area contributed by atoms with Crippen molar-refractivity contribution in [1.82, 2.24) is 4.90 Å². The summed E-state index contributed by atoms with van der Waals surface area (Å²) in [5.74, 6) is 0. The molecule has 0 saturated heterocycles. The third kappa shape index (κ3) is 4.12. The standard InChI is InChI=1S/C13H21BrF3N/c14-8-12(6-2-1-3-7-12)9-18(11-4-5-11)10-13(15,16)17/h11H,1-10H2. The first-order valence-corrected chi connectivity index (χ1v) is 7.93. The van der Waals surface area contributed by atoms with Crippen LogP contribution in [-0.2, 0) is 0 Å². The molecule has 0 bridgehead atoms. The quantitative estimate of drug-likeness (QED) is 0.678. The van der Waals surface area contributed by atoms with E-state index in [1.54, 1.807) is 4.90 Å². The smallest absolute Gasteiger partial charge is 0.291 e. The van der Waals surface area contributed by atoms with E-state index in [-0.39, 0.29) is 11.5 Å². The Kier molecular flexibility index (Phi) is 4.63. The van der Waals surface area contributed by atoms with E-state index in [1.165, 1.54) is 6.42 Å². The summed E-state index contributed by atoms with van der Waals surface area (Å²) in [7, 11) is 0. The Hall–Kier alpha value is 0.230. The minimum atomic E-state index is -4.06. The third-order valence-corrected chi connectivity index (χ3v) is 5.37. The lowest BCUT2D eigenvalue weighted by Crippen LogP contribution is -2.45. The van der Waals surface area contributed by atoms with E-state index >= 15 is 0 Å². The fraction of sp³-hybridized carbons (Fsp3) is 1.00. The van der Waals surface area contributed by atoms with Crippen molar-refractivity contribution in [2.75, 3.05) is 18.4 Å². The van der Waals surface area contributed by atoms with Crippen LogP contribution in [-0.4, -0.2) is 35.5 Å². The molecule has 0 aliphatic heterocycles. The van der Waals surface area contributed by atoms with Crippen LogP contribution in [0.15, 0.2) is 0 Å². The van der Waals surface area contributed by atoms with Gasteiger partial charge < -0.3 is 0 Å². The van der Waals surface area contributed by atoms with Gasteiger partial charge in [0.05, 0.1) is 6.54 Å². The Morgan fingerprint density at radius 3 is 2.17 bits per heavy atom. The average molecular weight is 328 g/mol. The summed E-state index contributed by atoms with van der Waals surface area (Å²) in [6, 6.07) is 0.185. The zero-order valence-electron chi connectivity index (χ0n) is 10.6. The molecule has 0 spiro atoms. The molecule has 2 rings (SSSR count). The van der Waals surface area contributed by atoms with Gasteiger partial charge in [-0.2, -0.15) is 13.2 Å². The van der Waals surface area contributed by atoms with Gasteiger partial charge in [-0.15, -0.1) is 0 Å². The van der Waals surface area contributed by atoms with Gasteiger partial charge in [-0.3, -0.25) is 4.90 Å². The first kappa shape index (κ1) is 14.6. The van der Waals surface area contributed by atoms with E-state index in [0.717, 1.165) is 43.9 Å². The second-order valence-corrected chi connectivity index (χ2v) is 6.51. The molecule has 5 heteroatoms. The van der Waals surface area contributed by atoms with Crippen LogP contribution in [0.2, 0.25) is 0 Å². The minimum absolute atomic E-state index is 0.0755. The van der Waals surface area contributed by atoms with Crippen molar-refractivity contribution in [2.24, 2.45) is 5.41 Å². The lowest BCUT2D eigenvalue weighted by molar-refractivity contribution is -0.150. The molecule has 0 radical (unpaired) electrons. The number of hydrogen-bond donors (Lipinski definition) is 0. The number of rotatable bonds is 5. The summed E-state index contributed by atoms with van der Waals surface area (Å²) < 4.78 is 37.9. The van der Waals surface area contributed by atoms with Crippen LogP contribution in [0.1, 0.15) is 44.9 Å². The highest BCUT2D eigenvalue weighted by Gasteiger charge is 2.42. The molecule has 0 unspecified atom stereocenters. The maximum atomic E-state index is 12.6. The first-order chi connectivity index (χ1) is 8.44. The Labute approximate surface area is 115 Å². The van der Waals surface area contributed by atoms with Crippen molar-refractivity contribution in [1.29, 1.82) is 0 Å². The monoisotopic (exact) mass is 327 g/mol. The van der Waals surface area contributed by atoms with Crippen molar-refractivity contribution in [3.8, 4) is 0 Å². The molecular formula is C13H21BrF3N. The molecule has 0 N–H and O–H groups in total. The first-order valence-electron chi connectivity index (χ1n) is 6.81. The SMILES string of the molecule is FC(F)(F)CN(CC1(CBr)CCCCC1)C1CC1. The van der Waals surface area contributed by atoms with Gasteiger partial charge in [0.25, 0.3) is 0 Å². The van der Waals surface area contributed by atoms with E-state index in [0.29, 0.717) is 6.54 Å². The second kappa shape index (κ2) is 5.70. The van der Waals surface area contributed by atoms with Crippen LogP contribution in [0.25, 0.3) is 0 Å². The van der Waals surface area contributed by atoms with Crippen LogP contribution in [0, 0.1) is 5.41 Å². The highest BCUT2D eigenvalue weighted by molar-refractivity contribution is 9.09. The van der Waals surface area contributed by atoms with E-state index < -0.39 is 12.7 Å². The average Bonchev–Trinajstić information content (AvgIpc) is 3.11. The highest BCUT2D eigenvalue weighted by atomic mass is 79.9. The van der Waals surface area contributed by atoms with Crippen molar-refractivity contribution in [3.05, 3.63) is 0 Å². The summed E-state index contributed by atoms with van der Waals surface area (Å²) in [5.41, 5.74) is 0.0755. The second-order valence-electron chi connectivity index (χ2n) is 5.95. The van der Waals surface area contributed by atoms with Gasteiger partial charge in [-0.05, 0) is 31.1 Å². The van der Waals surface area contributed by atoms with E-state index in [1.807, 2.05) is 0 Å². The maximum Gasteiger partial charge on any atom is 0.401 e. The van der Waals surface area contributed by atoms with E-state index in [2.05, 4.69) is 15.9 Å². The molecule has 0 atom stereocenters. The zero-order valence-corrected chi connectivity index (χ0v) is 12.2. The van der Waals surface area contributed by atoms with Gasteiger partial charge in [0.1, 0.15) is 0 Å². The van der Waals surface area contributed by atoms with Gasteiger partial charge in [-0.1, -0.05) is 35.2 Å². The Balaban J connectivity index is 1.98. The summed E-state index contributed by atoms with van der Waals surface area (Å²) in [6.07, 6.45) is 3.51. The summed E-state index contributed by atoms with van der Waals surface area (Å²) in [6.45, 7) is -0.116. The molecule has 2 saturated carbocycles. The molecule has 0 amide bonds. The van der Waals surface area contributed by atoms with Crippen molar-refractivity contribution >= 4 is 15.9 Å². The molecule has 0 aromatic rings. The molecule has 2 fully saturated rings. The fourth-order valence-electron chi connectivity index (χ4n) is 3.05. The molecule has 2 aliphatic rings. The highest BCUT2D eigenvalue weighted by Crippen LogP contribution is 2.41. The van der Waals surface area contributed by atoms with E-state index in [4.69, 9.17) is 0 Å². The predicted molar refractivity (Wildman–Crippen MR) is 70.0 cm³/mol. The molecule has 18 heavy (non-hydrogen) atoms. The Bertz CT molecular complexity index is 270. The predicted octanol–water partition coefficient (Wildman–Crippen LogP) is 4.36. The number of nitrogens with zero attached hydrogens (tertiary/aromatic N) is 1. The van der Waals surface area contributed by atoms with Gasteiger partial charge in [0.2, 0.25) is 0 Å². The van der Waals surface area contributed by atoms with Gasteiger partial charge in [0, 0.05) is 17.9 Å². The lowest BCUT2D eigenvalue weighted by atomic mass is 9.75. The van der Waals surface area contributed by atoms with Gasteiger partial charge in [0.15, 0.2) is 0 Å². The maximum absolute atomic E-state index is 12.6. The number of hydrogen-bond acceptors (Lipinski definition) is 1. The Morgan fingerprint density at radius 2 is 1.72 bits per heavy atom. The summed E-state index contributed by atoms with van der Waals surface area (Å²) in [4.78, 5) is 1.69. The largest absolute Gasteiger partial charge is 0.401 e. The lowest BCUT2D eigenvalue weighted by Gasteiger charge is -2.40. The van der Waals surface area contributed by atoms with Crippen LogP contribution in [0.4, 0.5) is 13.2 Å². The van der Waals surface area contributed by atoms with Crippen LogP contribution < -0.4 is 0 Å². The van der Waals surface area contributed by atoms with Crippen LogP contribution in [0.5, 0.6) is 0 Å². The molecule has 0 aromatic carbocycles. The topological polar surface area (TPSA) is 3.24 Å². The van der Waals surface area contributed by atoms with Crippen molar-refractivity contribution in [3.63, 3.8) is 0 Å². The molecule has 2 aliphatic carbocycles. The fourth-order valence-corrected chi connectivity index (χ4v) is 3.79. The number of halogens is 4. The third-order valence-electron chi connectivity index (χ3n) is 4.18. The molecule has 106 valence electrons. The van der Waals surface area contributed by atoms with Crippen LogP contribution >= 0.6 is 15.9 Å². The van der Waals surface area contributed by atoms with Crippen LogP contribution in [0.3, 0.4) is 0 Å². The molecule has 0 heterocycles. The summed E-state index contributed by atoms with van der Waals surface area (Å²) in [5, 5.41) is 0.834. The van der Waals surface area contributed by atoms with Crippen molar-refractivity contribution in [2.45, 2.75) is 57.2 Å². The summed E-state index contributed by atoms with van der Waals surface area (Å²) >= 11 is 3.54. The number of alkyl halides is 4. The molecular weight excluding hydrogens is 307 g/mol. The molecule has 0 aromatic heterocycles. The van der Waals surface area contributed by atoms with Gasteiger partial charge >= 0.3 is 6.18 Å².